The molecule has 0 fully saturated rings. The smallest absolute Gasteiger partial charge is 0.267 e. The maximum Gasteiger partial charge on any atom is 0.267 e. The fourth-order valence-corrected chi connectivity index (χ4v) is 2.50. The molecule has 4 nitrogen and oxygen atoms in total. The number of para-hydroxylation sites is 1. The molecule has 0 amide bonds. The first-order valence-corrected chi connectivity index (χ1v) is 6.96. The number of terminal acetylenes is 1. The predicted octanol–water partition coefficient (Wildman–Crippen LogP) is 2.39. The quantitative estimate of drug-likeness (QED) is 0.737. The summed E-state index contributed by atoms with van der Waals surface area (Å²) in [5.74, 6) is 3.07. The van der Waals surface area contributed by atoms with Crippen LogP contribution < -0.4 is 11.3 Å². The van der Waals surface area contributed by atoms with Crippen LogP contribution in [-0.4, -0.2) is 9.55 Å². The van der Waals surface area contributed by atoms with Gasteiger partial charge in [-0.3, -0.25) is 9.36 Å². The third kappa shape index (κ3) is 2.18. The molecule has 0 aliphatic rings. The zero-order chi connectivity index (χ0) is 15.7. The van der Waals surface area contributed by atoms with Crippen LogP contribution in [0.5, 0.6) is 0 Å². The molecule has 1 heterocycles. The summed E-state index contributed by atoms with van der Waals surface area (Å²) in [6, 6.07) is 14.2. The van der Waals surface area contributed by atoms with Gasteiger partial charge in [0.2, 0.25) is 0 Å². The van der Waals surface area contributed by atoms with Gasteiger partial charge in [-0.05, 0) is 31.2 Å². The van der Waals surface area contributed by atoms with E-state index in [0.29, 0.717) is 22.3 Å². The van der Waals surface area contributed by atoms with E-state index in [1.54, 1.807) is 25.1 Å². The second-order valence-electron chi connectivity index (χ2n) is 5.08. The highest BCUT2D eigenvalue weighted by Gasteiger charge is 2.16. The molecule has 2 aromatic carbocycles. The molecule has 0 saturated carbocycles. The van der Waals surface area contributed by atoms with Gasteiger partial charge in [-0.25, -0.2) is 4.98 Å². The van der Waals surface area contributed by atoms with Crippen LogP contribution in [0.3, 0.4) is 0 Å². The van der Waals surface area contributed by atoms with E-state index in [2.05, 4.69) is 10.9 Å². The molecule has 2 N–H and O–H groups in total. The van der Waals surface area contributed by atoms with E-state index in [4.69, 9.17) is 12.2 Å². The molecule has 4 heteroatoms. The molecular formula is C18H15N3O. The first kappa shape index (κ1) is 14.1. The molecule has 0 aliphatic heterocycles. The van der Waals surface area contributed by atoms with Crippen molar-refractivity contribution in [2.45, 2.75) is 13.0 Å². The first-order chi connectivity index (χ1) is 10.6. The van der Waals surface area contributed by atoms with E-state index in [1.165, 1.54) is 4.57 Å². The molecule has 3 rings (SSSR count). The zero-order valence-electron chi connectivity index (χ0n) is 12.2. The van der Waals surface area contributed by atoms with Gasteiger partial charge in [0.05, 0.1) is 22.6 Å². The fraction of sp³-hybridized carbons (Fsp3) is 0.111. The van der Waals surface area contributed by atoms with Gasteiger partial charge < -0.3 is 5.73 Å². The van der Waals surface area contributed by atoms with Gasteiger partial charge in [-0.1, -0.05) is 30.2 Å². The van der Waals surface area contributed by atoms with E-state index >= 15 is 0 Å². The SMILES string of the molecule is C#Cc1cccc2nc([C@H](C)N)n(-c3ccccc3)c(=O)c12. The van der Waals surface area contributed by atoms with Crippen molar-refractivity contribution in [1.29, 1.82) is 0 Å². The van der Waals surface area contributed by atoms with Crippen molar-refractivity contribution in [3.05, 3.63) is 70.3 Å². The summed E-state index contributed by atoms with van der Waals surface area (Å²) in [6.45, 7) is 1.80. The first-order valence-electron chi connectivity index (χ1n) is 6.96. The lowest BCUT2D eigenvalue weighted by molar-refractivity contribution is 0.696. The minimum atomic E-state index is -0.383. The Morgan fingerprint density at radius 1 is 1.18 bits per heavy atom. The lowest BCUT2D eigenvalue weighted by atomic mass is 10.1. The minimum Gasteiger partial charge on any atom is -0.322 e. The summed E-state index contributed by atoms with van der Waals surface area (Å²) in [5, 5.41) is 0.443. The normalized spacial score (nSPS) is 12.0. The van der Waals surface area contributed by atoms with E-state index in [9.17, 15) is 4.79 Å². The summed E-state index contributed by atoms with van der Waals surface area (Å²) in [5.41, 5.74) is 7.65. The molecule has 1 aromatic heterocycles. The highest BCUT2D eigenvalue weighted by Crippen LogP contribution is 2.18. The average Bonchev–Trinajstić information content (AvgIpc) is 2.54. The second kappa shape index (κ2) is 5.47. The van der Waals surface area contributed by atoms with Gasteiger partial charge in [0.1, 0.15) is 5.82 Å². The van der Waals surface area contributed by atoms with E-state index in [-0.39, 0.29) is 11.6 Å². The van der Waals surface area contributed by atoms with Crippen molar-refractivity contribution < 1.29 is 0 Å². The highest BCUT2D eigenvalue weighted by molar-refractivity contribution is 5.84. The monoisotopic (exact) mass is 289 g/mol. The molecular weight excluding hydrogens is 274 g/mol. The Kier molecular flexibility index (Phi) is 3.50. The summed E-state index contributed by atoms with van der Waals surface area (Å²) in [7, 11) is 0. The number of rotatable bonds is 2. The largest absolute Gasteiger partial charge is 0.322 e. The maximum atomic E-state index is 13.0. The topological polar surface area (TPSA) is 60.9 Å². The Bertz CT molecular complexity index is 934. The lowest BCUT2D eigenvalue weighted by Crippen LogP contribution is -2.27. The highest BCUT2D eigenvalue weighted by atomic mass is 16.1. The zero-order valence-corrected chi connectivity index (χ0v) is 12.2. The summed E-state index contributed by atoms with van der Waals surface area (Å²) in [6.07, 6.45) is 5.52. The van der Waals surface area contributed by atoms with Crippen LogP contribution >= 0.6 is 0 Å². The van der Waals surface area contributed by atoms with E-state index in [1.807, 2.05) is 30.3 Å². The minimum absolute atomic E-state index is 0.197. The second-order valence-corrected chi connectivity index (χ2v) is 5.08. The van der Waals surface area contributed by atoms with Gasteiger partial charge in [0, 0.05) is 5.56 Å². The van der Waals surface area contributed by atoms with Crippen molar-refractivity contribution in [2.75, 3.05) is 0 Å². The summed E-state index contributed by atoms with van der Waals surface area (Å²) >= 11 is 0. The fourth-order valence-electron chi connectivity index (χ4n) is 2.50. The lowest BCUT2D eigenvalue weighted by Gasteiger charge is -2.16. The number of hydrogen-bond donors (Lipinski definition) is 1. The van der Waals surface area contributed by atoms with Crippen molar-refractivity contribution in [2.24, 2.45) is 5.73 Å². The molecule has 0 saturated heterocycles. The molecule has 0 unspecified atom stereocenters. The van der Waals surface area contributed by atoms with Crippen LogP contribution in [0, 0.1) is 12.3 Å². The molecule has 0 spiro atoms. The van der Waals surface area contributed by atoms with Crippen LogP contribution in [0.4, 0.5) is 0 Å². The standard InChI is InChI=1S/C18H15N3O/c1-3-13-8-7-11-15-16(13)18(22)21(17(20-15)12(2)19)14-9-5-4-6-10-14/h1,4-12H,19H2,2H3/t12-/m0/s1. The summed E-state index contributed by atoms with van der Waals surface area (Å²) in [4.78, 5) is 17.6. The van der Waals surface area contributed by atoms with Gasteiger partial charge in [0.25, 0.3) is 5.56 Å². The Balaban J connectivity index is 2.50. The molecule has 0 bridgehead atoms. The van der Waals surface area contributed by atoms with Crippen LogP contribution in [0.1, 0.15) is 24.4 Å². The van der Waals surface area contributed by atoms with Crippen LogP contribution in [0.15, 0.2) is 53.3 Å². The third-order valence-corrected chi connectivity index (χ3v) is 3.50. The summed E-state index contributed by atoms with van der Waals surface area (Å²) < 4.78 is 1.54. The molecule has 0 radical (unpaired) electrons. The molecule has 22 heavy (non-hydrogen) atoms. The Labute approximate surface area is 128 Å². The number of hydrogen-bond acceptors (Lipinski definition) is 3. The van der Waals surface area contributed by atoms with Gasteiger partial charge in [0.15, 0.2) is 0 Å². The molecule has 108 valence electrons. The van der Waals surface area contributed by atoms with E-state index < -0.39 is 0 Å². The average molecular weight is 289 g/mol. The van der Waals surface area contributed by atoms with Crippen LogP contribution in [-0.2, 0) is 0 Å². The maximum absolute atomic E-state index is 13.0. The number of fused-ring (bicyclic) bond motifs is 1. The third-order valence-electron chi connectivity index (χ3n) is 3.50. The van der Waals surface area contributed by atoms with Crippen LogP contribution in [0.25, 0.3) is 16.6 Å². The number of benzene rings is 2. The van der Waals surface area contributed by atoms with Crippen molar-refractivity contribution in [3.63, 3.8) is 0 Å². The van der Waals surface area contributed by atoms with Gasteiger partial charge in [-0.2, -0.15) is 0 Å². The molecule has 3 aromatic rings. The Morgan fingerprint density at radius 3 is 2.55 bits per heavy atom. The van der Waals surface area contributed by atoms with Crippen LogP contribution in [0.2, 0.25) is 0 Å². The number of aromatic nitrogens is 2. The Morgan fingerprint density at radius 2 is 1.91 bits per heavy atom. The van der Waals surface area contributed by atoms with Gasteiger partial charge >= 0.3 is 0 Å². The van der Waals surface area contributed by atoms with Crippen molar-refractivity contribution in [1.82, 2.24) is 9.55 Å². The van der Waals surface area contributed by atoms with Gasteiger partial charge in [-0.15, -0.1) is 6.42 Å². The number of nitrogens with zero attached hydrogens (tertiary/aromatic N) is 2. The van der Waals surface area contributed by atoms with E-state index in [0.717, 1.165) is 5.69 Å². The Hall–Kier alpha value is -2.90. The van der Waals surface area contributed by atoms with Crippen molar-refractivity contribution >= 4 is 10.9 Å². The van der Waals surface area contributed by atoms with Crippen molar-refractivity contribution in [3.8, 4) is 18.0 Å². The molecule has 1 atom stereocenters. The number of nitrogens with two attached hydrogens (primary N) is 1. The molecule has 0 aliphatic carbocycles. The predicted molar refractivity (Wildman–Crippen MR) is 87.9 cm³/mol.